The zero-order chi connectivity index (χ0) is 18.3. The Kier molecular flexibility index (Phi) is 3.66. The van der Waals surface area contributed by atoms with Crippen LogP contribution >= 0.6 is 0 Å². The molecule has 0 saturated heterocycles. The maximum Gasteiger partial charge on any atom is 0.419 e. The minimum absolute atomic E-state index is 0.00538. The van der Waals surface area contributed by atoms with Crippen LogP contribution in [0.1, 0.15) is 0 Å². The lowest BCUT2D eigenvalue weighted by Gasteiger charge is -2.07. The second-order valence-electron chi connectivity index (χ2n) is 5.60. The first-order chi connectivity index (χ1) is 12.5. The molecule has 0 fully saturated rings. The molecule has 0 aliphatic rings. The van der Waals surface area contributed by atoms with Crippen molar-refractivity contribution in [2.45, 2.75) is 4.90 Å². The normalized spacial score (nSPS) is 11.7. The summed E-state index contributed by atoms with van der Waals surface area (Å²) in [6, 6.07) is 13.3. The summed E-state index contributed by atoms with van der Waals surface area (Å²) >= 11 is 0. The van der Waals surface area contributed by atoms with E-state index in [2.05, 4.69) is 9.88 Å². The lowest BCUT2D eigenvalue weighted by atomic mass is 10.1. The van der Waals surface area contributed by atoms with Gasteiger partial charge in [0.15, 0.2) is 5.58 Å². The van der Waals surface area contributed by atoms with Gasteiger partial charge in [-0.15, -0.1) is 0 Å². The average Bonchev–Trinajstić information content (AvgIpc) is 3.20. The predicted octanol–water partition coefficient (Wildman–Crippen LogP) is 2.59. The van der Waals surface area contributed by atoms with Crippen molar-refractivity contribution < 1.29 is 17.4 Å². The van der Waals surface area contributed by atoms with E-state index in [0.717, 1.165) is 5.56 Å². The summed E-state index contributed by atoms with van der Waals surface area (Å²) in [6.07, 6.45) is 1.44. The summed E-state index contributed by atoms with van der Waals surface area (Å²) in [7, 11) is -2.42. The topological polar surface area (TPSA) is 107 Å². The van der Waals surface area contributed by atoms with Crippen LogP contribution in [0.3, 0.4) is 0 Å². The summed E-state index contributed by atoms with van der Waals surface area (Å²) in [5.41, 5.74) is 1.96. The van der Waals surface area contributed by atoms with Crippen LogP contribution in [-0.2, 0) is 17.1 Å². The van der Waals surface area contributed by atoms with Gasteiger partial charge < -0.3 is 8.94 Å². The number of hydrogen-bond acceptors (Lipinski definition) is 6. The molecule has 0 radical (unpaired) electrons. The number of hydrogen-bond donors (Lipinski definition) is 1. The van der Waals surface area contributed by atoms with Gasteiger partial charge in [0.25, 0.3) is 10.0 Å². The molecule has 0 aliphatic carbocycles. The maximum absolute atomic E-state index is 12.7. The smallest absolute Gasteiger partial charge is 0.408 e. The third-order valence-corrected chi connectivity index (χ3v) is 5.28. The summed E-state index contributed by atoms with van der Waals surface area (Å²) in [5.74, 6) is -0.560. The first-order valence-corrected chi connectivity index (χ1v) is 9.06. The van der Waals surface area contributed by atoms with Crippen LogP contribution in [0.2, 0.25) is 0 Å². The van der Waals surface area contributed by atoms with Gasteiger partial charge in [-0.05, 0) is 17.7 Å². The van der Waals surface area contributed by atoms with Gasteiger partial charge >= 0.3 is 5.76 Å². The summed E-state index contributed by atoms with van der Waals surface area (Å²) in [4.78, 5) is 11.5. The minimum atomic E-state index is -3.96. The second kappa shape index (κ2) is 5.88. The Morgan fingerprint density at radius 1 is 1.12 bits per heavy atom. The largest absolute Gasteiger partial charge is 0.419 e. The first-order valence-electron chi connectivity index (χ1n) is 7.58. The number of benzene rings is 2. The van der Waals surface area contributed by atoms with Gasteiger partial charge in [0.05, 0.1) is 22.2 Å². The molecule has 0 atom stereocenters. The minimum Gasteiger partial charge on any atom is -0.408 e. The molecule has 0 aliphatic heterocycles. The van der Waals surface area contributed by atoms with Gasteiger partial charge in [0.2, 0.25) is 5.88 Å². The molecule has 0 unspecified atom stereocenters. The monoisotopic (exact) mass is 371 g/mol. The van der Waals surface area contributed by atoms with Crippen molar-refractivity contribution in [2.75, 3.05) is 4.72 Å². The van der Waals surface area contributed by atoms with Crippen LogP contribution in [0.25, 0.3) is 22.2 Å². The molecule has 1 N–H and O–H groups in total. The number of nitrogens with one attached hydrogen (secondary N) is 1. The molecule has 132 valence electrons. The van der Waals surface area contributed by atoms with Gasteiger partial charge in [0.1, 0.15) is 0 Å². The summed E-state index contributed by atoms with van der Waals surface area (Å²) in [5, 5.41) is 3.68. The lowest BCUT2D eigenvalue weighted by molar-refractivity contribution is 0.435. The molecule has 4 aromatic rings. The fraction of sp³-hybridized carbons (Fsp3) is 0.0588. The van der Waals surface area contributed by atoms with E-state index in [1.807, 2.05) is 30.3 Å². The number of oxazole rings is 1. The average molecular weight is 371 g/mol. The van der Waals surface area contributed by atoms with E-state index in [4.69, 9.17) is 8.94 Å². The first kappa shape index (κ1) is 16.2. The number of sulfonamides is 1. The molecule has 2 aromatic heterocycles. The standard InChI is InChI=1S/C17H13N3O5S/c1-20-14-8-7-12(9-15(14)24-17(20)21)26(22,23)19-16-13(10-18-25-16)11-5-3-2-4-6-11/h2-10,19H,1H3. The van der Waals surface area contributed by atoms with Crippen LogP contribution in [0.5, 0.6) is 0 Å². The highest BCUT2D eigenvalue weighted by molar-refractivity contribution is 7.92. The van der Waals surface area contributed by atoms with Gasteiger partial charge in [-0.2, -0.15) is 0 Å². The molecular formula is C17H13N3O5S. The van der Waals surface area contributed by atoms with Gasteiger partial charge in [-0.1, -0.05) is 35.5 Å². The molecule has 4 rings (SSSR count). The van der Waals surface area contributed by atoms with E-state index in [1.54, 1.807) is 7.05 Å². The molecule has 2 heterocycles. The third kappa shape index (κ3) is 2.68. The SMILES string of the molecule is Cn1c(=O)oc2cc(S(=O)(=O)Nc3oncc3-c3ccccc3)ccc21. The van der Waals surface area contributed by atoms with Crippen LogP contribution < -0.4 is 10.5 Å². The van der Waals surface area contributed by atoms with Crippen LogP contribution in [0.15, 0.2) is 73.4 Å². The highest BCUT2D eigenvalue weighted by Crippen LogP contribution is 2.29. The number of aryl methyl sites for hydroxylation is 1. The highest BCUT2D eigenvalue weighted by Gasteiger charge is 2.21. The van der Waals surface area contributed by atoms with Crippen molar-refractivity contribution in [1.82, 2.24) is 9.72 Å². The fourth-order valence-electron chi connectivity index (χ4n) is 2.60. The van der Waals surface area contributed by atoms with Gasteiger partial charge in [-0.25, -0.2) is 17.9 Å². The zero-order valence-electron chi connectivity index (χ0n) is 13.5. The molecule has 8 nitrogen and oxygen atoms in total. The van der Waals surface area contributed by atoms with Crippen molar-refractivity contribution in [1.29, 1.82) is 0 Å². The molecule has 26 heavy (non-hydrogen) atoms. The molecule has 2 aromatic carbocycles. The van der Waals surface area contributed by atoms with E-state index in [-0.39, 0.29) is 16.4 Å². The quantitative estimate of drug-likeness (QED) is 0.591. The Balaban J connectivity index is 1.73. The number of nitrogens with zero attached hydrogens (tertiary/aromatic N) is 2. The van der Waals surface area contributed by atoms with Crippen molar-refractivity contribution in [3.8, 4) is 11.1 Å². The highest BCUT2D eigenvalue weighted by atomic mass is 32.2. The Labute approximate surface area is 147 Å². The second-order valence-corrected chi connectivity index (χ2v) is 7.28. The van der Waals surface area contributed by atoms with Crippen molar-refractivity contribution >= 4 is 27.0 Å². The van der Waals surface area contributed by atoms with Crippen molar-refractivity contribution in [3.63, 3.8) is 0 Å². The molecule has 0 amide bonds. The Morgan fingerprint density at radius 2 is 1.88 bits per heavy atom. The van der Waals surface area contributed by atoms with E-state index in [0.29, 0.717) is 11.1 Å². The number of rotatable bonds is 4. The molecule has 0 spiro atoms. The molecule has 0 bridgehead atoms. The Hall–Kier alpha value is -3.33. The molecule has 9 heteroatoms. The summed E-state index contributed by atoms with van der Waals surface area (Å²) < 4.78 is 39.2. The maximum atomic E-state index is 12.7. The number of aromatic nitrogens is 2. The van der Waals surface area contributed by atoms with Crippen molar-refractivity contribution in [3.05, 3.63) is 65.3 Å². The molecule has 0 saturated carbocycles. The Morgan fingerprint density at radius 3 is 2.65 bits per heavy atom. The predicted molar refractivity (Wildman–Crippen MR) is 94.2 cm³/mol. The third-order valence-electron chi connectivity index (χ3n) is 3.96. The Bertz CT molecular complexity index is 1250. The van der Waals surface area contributed by atoms with Crippen LogP contribution in [0.4, 0.5) is 5.88 Å². The number of anilines is 1. The van der Waals surface area contributed by atoms with E-state index < -0.39 is 15.8 Å². The molecular weight excluding hydrogens is 358 g/mol. The summed E-state index contributed by atoms with van der Waals surface area (Å²) in [6.45, 7) is 0. The van der Waals surface area contributed by atoms with Crippen molar-refractivity contribution in [2.24, 2.45) is 7.05 Å². The van der Waals surface area contributed by atoms with E-state index in [1.165, 1.54) is 29.0 Å². The lowest BCUT2D eigenvalue weighted by Crippen LogP contribution is -2.13. The van der Waals surface area contributed by atoms with E-state index in [9.17, 15) is 13.2 Å². The van der Waals surface area contributed by atoms with Gasteiger partial charge in [0, 0.05) is 13.1 Å². The van der Waals surface area contributed by atoms with E-state index >= 15 is 0 Å². The number of fused-ring (bicyclic) bond motifs is 1. The fourth-order valence-corrected chi connectivity index (χ4v) is 3.62. The van der Waals surface area contributed by atoms with Crippen LogP contribution in [-0.4, -0.2) is 18.1 Å². The van der Waals surface area contributed by atoms with Gasteiger partial charge in [-0.3, -0.25) is 4.57 Å². The zero-order valence-corrected chi connectivity index (χ0v) is 14.4. The van der Waals surface area contributed by atoms with Crippen LogP contribution in [0, 0.1) is 0 Å².